The van der Waals surface area contributed by atoms with E-state index in [4.69, 9.17) is 9.47 Å². The molecule has 0 spiro atoms. The maximum Gasteiger partial charge on any atom is 0.229 e. The molecular formula is C21H27N3O3. The van der Waals surface area contributed by atoms with Gasteiger partial charge in [-0.25, -0.2) is 0 Å². The summed E-state index contributed by atoms with van der Waals surface area (Å²) >= 11 is 0. The number of hydrogen-bond donors (Lipinski definition) is 1. The van der Waals surface area contributed by atoms with Crippen LogP contribution in [0.1, 0.15) is 42.5 Å². The van der Waals surface area contributed by atoms with Crippen LogP contribution in [0.15, 0.2) is 24.4 Å². The van der Waals surface area contributed by atoms with Crippen LogP contribution in [0.5, 0.6) is 11.5 Å². The number of carbonyl (C=O) groups is 1. The molecule has 1 aromatic heterocycles. The number of fused-ring (bicyclic) bond motifs is 1. The first-order valence-electron chi connectivity index (χ1n) is 9.80. The van der Waals surface area contributed by atoms with Crippen molar-refractivity contribution in [2.45, 2.75) is 38.5 Å². The number of methoxy groups -OCH3 is 1. The van der Waals surface area contributed by atoms with E-state index in [-0.39, 0.29) is 11.8 Å². The summed E-state index contributed by atoms with van der Waals surface area (Å²) in [6.07, 6.45) is 5.61. The second-order valence-electron chi connectivity index (χ2n) is 7.42. The Morgan fingerprint density at radius 1 is 1.37 bits per heavy atom. The Hall–Kier alpha value is -2.50. The number of para-hydroxylation sites is 1. The van der Waals surface area contributed by atoms with E-state index < -0.39 is 0 Å². The maximum absolute atomic E-state index is 13.0. The quantitative estimate of drug-likeness (QED) is 0.900. The lowest BCUT2D eigenvalue weighted by atomic mass is 9.89. The van der Waals surface area contributed by atoms with Crippen molar-refractivity contribution in [3.05, 3.63) is 41.2 Å². The zero-order valence-electron chi connectivity index (χ0n) is 16.0. The molecule has 0 radical (unpaired) electrons. The largest absolute Gasteiger partial charge is 0.493 e. The first kappa shape index (κ1) is 17.9. The average Bonchev–Trinajstić information content (AvgIpc) is 3.21. The number of aryl methyl sites for hydroxylation is 1. The van der Waals surface area contributed by atoms with Crippen LogP contribution in [0.4, 0.5) is 0 Å². The van der Waals surface area contributed by atoms with Gasteiger partial charge in [0.15, 0.2) is 11.5 Å². The van der Waals surface area contributed by atoms with Crippen LogP contribution in [-0.4, -0.2) is 47.8 Å². The van der Waals surface area contributed by atoms with Crippen LogP contribution < -0.4 is 9.47 Å². The lowest BCUT2D eigenvalue weighted by Gasteiger charge is -2.35. The molecule has 0 saturated carbocycles. The summed E-state index contributed by atoms with van der Waals surface area (Å²) in [7, 11) is 1.64. The van der Waals surface area contributed by atoms with Crippen molar-refractivity contribution < 1.29 is 14.3 Å². The molecule has 1 N–H and O–H groups in total. The number of nitrogens with zero attached hydrogens (tertiary/aromatic N) is 2. The molecule has 1 fully saturated rings. The molecule has 6 heteroatoms. The van der Waals surface area contributed by atoms with Gasteiger partial charge in [0.1, 0.15) is 6.61 Å². The van der Waals surface area contributed by atoms with Gasteiger partial charge in [-0.15, -0.1) is 0 Å². The number of amides is 1. The van der Waals surface area contributed by atoms with E-state index in [1.807, 2.05) is 29.3 Å². The highest BCUT2D eigenvalue weighted by Crippen LogP contribution is 2.37. The van der Waals surface area contributed by atoms with Crippen LogP contribution in [-0.2, 0) is 17.6 Å². The number of nitrogens with one attached hydrogen (secondary N) is 1. The summed E-state index contributed by atoms with van der Waals surface area (Å²) in [5.41, 5.74) is 3.61. The second-order valence-corrected chi connectivity index (χ2v) is 7.42. The molecule has 144 valence electrons. The number of ether oxygens (including phenoxy) is 2. The Kier molecular flexibility index (Phi) is 5.05. The second kappa shape index (κ2) is 7.62. The van der Waals surface area contributed by atoms with E-state index >= 15 is 0 Å². The van der Waals surface area contributed by atoms with Gasteiger partial charge in [0.2, 0.25) is 5.91 Å². The number of hydrogen-bond acceptors (Lipinski definition) is 4. The van der Waals surface area contributed by atoms with E-state index in [9.17, 15) is 4.79 Å². The minimum atomic E-state index is -0.112. The molecule has 0 bridgehead atoms. The SMILES string of the molecule is CCc1cn[nH]c1C1CCN(C(=O)[C@H]2COc3c(cccc3OC)C2)CC1. The van der Waals surface area contributed by atoms with Crippen molar-refractivity contribution in [2.24, 2.45) is 5.92 Å². The van der Waals surface area contributed by atoms with Crippen molar-refractivity contribution in [1.29, 1.82) is 0 Å². The maximum atomic E-state index is 13.0. The summed E-state index contributed by atoms with van der Waals surface area (Å²) in [5.74, 6) is 2.10. The fourth-order valence-electron chi connectivity index (χ4n) is 4.32. The van der Waals surface area contributed by atoms with Gasteiger partial charge in [-0.1, -0.05) is 19.1 Å². The van der Waals surface area contributed by atoms with E-state index in [0.717, 1.165) is 49.4 Å². The third kappa shape index (κ3) is 3.40. The van der Waals surface area contributed by atoms with E-state index in [2.05, 4.69) is 17.1 Å². The molecule has 4 rings (SSSR count). The van der Waals surface area contributed by atoms with Crippen molar-refractivity contribution >= 4 is 5.91 Å². The molecule has 6 nitrogen and oxygen atoms in total. The van der Waals surface area contributed by atoms with Gasteiger partial charge in [0, 0.05) is 24.7 Å². The smallest absolute Gasteiger partial charge is 0.229 e. The summed E-state index contributed by atoms with van der Waals surface area (Å²) in [5, 5.41) is 7.37. The normalized spacial score (nSPS) is 20.1. The Morgan fingerprint density at radius 3 is 2.93 bits per heavy atom. The number of aromatic amines is 1. The Morgan fingerprint density at radius 2 is 2.19 bits per heavy atom. The third-order valence-electron chi connectivity index (χ3n) is 5.87. The minimum absolute atomic E-state index is 0.112. The fraction of sp³-hybridized carbons (Fsp3) is 0.524. The van der Waals surface area contributed by atoms with Crippen molar-refractivity contribution in [3.63, 3.8) is 0 Å². The highest BCUT2D eigenvalue weighted by Gasteiger charge is 2.33. The standard InChI is InChI=1S/C21H27N3O3/c1-3-14-12-22-23-19(14)15-7-9-24(10-8-15)21(25)17-11-16-5-4-6-18(26-2)20(16)27-13-17/h4-6,12,15,17H,3,7-11,13H2,1-2H3,(H,22,23)/t17-/m1/s1. The average molecular weight is 369 g/mol. The summed E-state index contributed by atoms with van der Waals surface area (Å²) in [6.45, 7) is 4.18. The molecule has 27 heavy (non-hydrogen) atoms. The van der Waals surface area contributed by atoms with Crippen molar-refractivity contribution in [2.75, 3.05) is 26.8 Å². The number of aromatic nitrogens is 2. The van der Waals surface area contributed by atoms with Gasteiger partial charge in [0.25, 0.3) is 0 Å². The topological polar surface area (TPSA) is 67.5 Å². The summed E-state index contributed by atoms with van der Waals surface area (Å²) in [4.78, 5) is 15.0. The highest BCUT2D eigenvalue weighted by molar-refractivity contribution is 5.80. The van der Waals surface area contributed by atoms with Gasteiger partial charge in [-0.2, -0.15) is 5.10 Å². The molecule has 0 aliphatic carbocycles. The summed E-state index contributed by atoms with van der Waals surface area (Å²) in [6, 6.07) is 5.87. The lowest BCUT2D eigenvalue weighted by molar-refractivity contribution is -0.138. The first-order valence-corrected chi connectivity index (χ1v) is 9.80. The van der Waals surface area contributed by atoms with Gasteiger partial charge in [0.05, 0.1) is 19.2 Å². The predicted octanol–water partition coefficient (Wildman–Crippen LogP) is 2.94. The Balaban J connectivity index is 1.38. The van der Waals surface area contributed by atoms with Crippen LogP contribution >= 0.6 is 0 Å². The van der Waals surface area contributed by atoms with Gasteiger partial charge < -0.3 is 14.4 Å². The fourth-order valence-corrected chi connectivity index (χ4v) is 4.32. The van der Waals surface area contributed by atoms with Crippen LogP contribution in [0.2, 0.25) is 0 Å². The Labute approximate surface area is 159 Å². The molecule has 1 amide bonds. The molecule has 3 heterocycles. The molecule has 2 aliphatic rings. The minimum Gasteiger partial charge on any atom is -0.493 e. The summed E-state index contributed by atoms with van der Waals surface area (Å²) < 4.78 is 11.3. The van der Waals surface area contributed by atoms with Crippen LogP contribution in [0, 0.1) is 5.92 Å². The van der Waals surface area contributed by atoms with Crippen molar-refractivity contribution in [3.8, 4) is 11.5 Å². The number of carbonyl (C=O) groups excluding carboxylic acids is 1. The molecule has 2 aromatic rings. The number of piperidine rings is 1. The Bertz CT molecular complexity index is 809. The molecule has 1 atom stereocenters. The lowest BCUT2D eigenvalue weighted by Crippen LogP contribution is -2.44. The van der Waals surface area contributed by atoms with Gasteiger partial charge in [-0.3, -0.25) is 9.89 Å². The van der Waals surface area contributed by atoms with E-state index in [0.29, 0.717) is 18.9 Å². The van der Waals surface area contributed by atoms with E-state index in [1.54, 1.807) is 7.11 Å². The number of H-pyrrole nitrogens is 1. The molecule has 2 aliphatic heterocycles. The third-order valence-corrected chi connectivity index (χ3v) is 5.87. The first-order chi connectivity index (χ1) is 13.2. The monoisotopic (exact) mass is 369 g/mol. The van der Waals surface area contributed by atoms with E-state index in [1.165, 1.54) is 11.3 Å². The molecule has 1 saturated heterocycles. The molecule has 1 aromatic carbocycles. The van der Waals surface area contributed by atoms with Gasteiger partial charge in [-0.05, 0) is 42.9 Å². The predicted molar refractivity (Wildman–Crippen MR) is 102 cm³/mol. The van der Waals surface area contributed by atoms with Crippen LogP contribution in [0.3, 0.4) is 0 Å². The van der Waals surface area contributed by atoms with Crippen LogP contribution in [0.25, 0.3) is 0 Å². The zero-order valence-corrected chi connectivity index (χ0v) is 16.0. The van der Waals surface area contributed by atoms with Gasteiger partial charge >= 0.3 is 0 Å². The molecular weight excluding hydrogens is 342 g/mol. The number of rotatable bonds is 4. The number of benzene rings is 1. The number of likely N-dealkylation sites (tertiary alicyclic amines) is 1. The zero-order chi connectivity index (χ0) is 18.8. The molecule has 0 unspecified atom stereocenters. The van der Waals surface area contributed by atoms with Crippen molar-refractivity contribution in [1.82, 2.24) is 15.1 Å². The highest BCUT2D eigenvalue weighted by atomic mass is 16.5.